The van der Waals surface area contributed by atoms with E-state index >= 15 is 0 Å². The van der Waals surface area contributed by atoms with Crippen molar-refractivity contribution in [2.75, 3.05) is 24.3 Å². The summed E-state index contributed by atoms with van der Waals surface area (Å²) in [5.74, 6) is -2.95. The van der Waals surface area contributed by atoms with Gasteiger partial charge in [0, 0.05) is 0 Å². The summed E-state index contributed by atoms with van der Waals surface area (Å²) >= 11 is 0. The number of benzene rings is 3. The molecule has 4 rings (SSSR count). The molecule has 0 fully saturated rings. The Bertz CT molecular complexity index is 1300. The topological polar surface area (TPSA) is 122 Å². The van der Waals surface area contributed by atoms with Crippen LogP contribution >= 0.6 is 0 Å². The van der Waals surface area contributed by atoms with E-state index in [0.717, 1.165) is 4.90 Å². The van der Waals surface area contributed by atoms with E-state index in [1.165, 1.54) is 37.4 Å². The van der Waals surface area contributed by atoms with Crippen LogP contribution in [0.2, 0.25) is 0 Å². The van der Waals surface area contributed by atoms with Crippen LogP contribution in [-0.4, -0.2) is 48.2 Å². The quantitative estimate of drug-likeness (QED) is 0.434. The third kappa shape index (κ3) is 4.26. The second-order valence-corrected chi connectivity index (χ2v) is 7.33. The van der Waals surface area contributed by atoms with Crippen LogP contribution < -0.4 is 10.6 Å². The maximum atomic E-state index is 12.9. The first kappa shape index (κ1) is 22.4. The molecule has 170 valence electrons. The first-order valence-corrected chi connectivity index (χ1v) is 10.2. The highest BCUT2D eigenvalue weighted by atomic mass is 16.5. The Morgan fingerprint density at radius 1 is 0.735 bits per heavy atom. The molecule has 4 amide bonds. The van der Waals surface area contributed by atoms with E-state index in [4.69, 9.17) is 4.74 Å². The van der Waals surface area contributed by atoms with Gasteiger partial charge in [-0.3, -0.25) is 24.1 Å². The SMILES string of the molecule is COC(=O)c1ccccc1NC(=O)c1ccccc1NC(=O)CN1C(=O)c2ccccc2C1=O. The molecule has 3 aromatic carbocycles. The van der Waals surface area contributed by atoms with Crippen LogP contribution in [0.5, 0.6) is 0 Å². The average Bonchev–Trinajstić information content (AvgIpc) is 3.09. The summed E-state index contributed by atoms with van der Waals surface area (Å²) in [6, 6.07) is 18.9. The number of amides is 4. The molecule has 1 aliphatic rings. The number of imide groups is 1. The van der Waals surface area contributed by atoms with E-state index < -0.39 is 36.1 Å². The lowest BCUT2D eigenvalue weighted by molar-refractivity contribution is -0.116. The van der Waals surface area contributed by atoms with Gasteiger partial charge >= 0.3 is 5.97 Å². The number of carbonyl (C=O) groups is 5. The fraction of sp³-hybridized carbons (Fsp3) is 0.0800. The van der Waals surface area contributed by atoms with Crippen molar-refractivity contribution in [3.05, 3.63) is 95.1 Å². The van der Waals surface area contributed by atoms with Gasteiger partial charge < -0.3 is 15.4 Å². The van der Waals surface area contributed by atoms with Crippen molar-refractivity contribution < 1.29 is 28.7 Å². The first-order chi connectivity index (χ1) is 16.4. The fourth-order valence-electron chi connectivity index (χ4n) is 3.58. The number of ether oxygens (including phenoxy) is 1. The van der Waals surface area contributed by atoms with Gasteiger partial charge in [-0.05, 0) is 36.4 Å². The highest BCUT2D eigenvalue weighted by Gasteiger charge is 2.36. The van der Waals surface area contributed by atoms with Gasteiger partial charge in [-0.15, -0.1) is 0 Å². The molecule has 2 N–H and O–H groups in total. The zero-order valence-corrected chi connectivity index (χ0v) is 18.0. The van der Waals surface area contributed by atoms with E-state index in [1.807, 2.05) is 0 Å². The Morgan fingerprint density at radius 2 is 1.24 bits per heavy atom. The third-order valence-corrected chi connectivity index (χ3v) is 5.21. The molecular weight excluding hydrogens is 438 g/mol. The molecule has 0 aliphatic carbocycles. The second-order valence-electron chi connectivity index (χ2n) is 7.33. The van der Waals surface area contributed by atoms with E-state index in [9.17, 15) is 24.0 Å². The van der Waals surface area contributed by atoms with Crippen molar-refractivity contribution in [1.82, 2.24) is 4.90 Å². The lowest BCUT2D eigenvalue weighted by atomic mass is 10.1. The molecule has 0 bridgehead atoms. The van der Waals surface area contributed by atoms with Crippen molar-refractivity contribution in [2.45, 2.75) is 0 Å². The molecule has 9 heteroatoms. The summed E-state index contributed by atoms with van der Waals surface area (Å²) in [6.07, 6.45) is 0. The highest BCUT2D eigenvalue weighted by Crippen LogP contribution is 2.23. The predicted octanol–water partition coefficient (Wildman–Crippen LogP) is 2.96. The Balaban J connectivity index is 1.50. The minimum Gasteiger partial charge on any atom is -0.465 e. The van der Waals surface area contributed by atoms with Gasteiger partial charge in [-0.1, -0.05) is 36.4 Å². The van der Waals surface area contributed by atoms with Crippen molar-refractivity contribution in [3.8, 4) is 0 Å². The predicted molar refractivity (Wildman–Crippen MR) is 123 cm³/mol. The lowest BCUT2D eigenvalue weighted by Crippen LogP contribution is -2.37. The van der Waals surface area contributed by atoms with E-state index in [0.29, 0.717) is 0 Å². The van der Waals surface area contributed by atoms with Gasteiger partial charge in [0.1, 0.15) is 6.54 Å². The minimum atomic E-state index is -0.648. The van der Waals surface area contributed by atoms with Crippen LogP contribution in [0, 0.1) is 0 Å². The molecule has 0 radical (unpaired) electrons. The average molecular weight is 457 g/mol. The maximum absolute atomic E-state index is 12.9. The van der Waals surface area contributed by atoms with Crippen LogP contribution in [0.3, 0.4) is 0 Å². The normalized spacial score (nSPS) is 12.2. The monoisotopic (exact) mass is 457 g/mol. The molecule has 1 heterocycles. The van der Waals surface area contributed by atoms with Gasteiger partial charge in [0.15, 0.2) is 0 Å². The molecule has 0 spiro atoms. The summed E-state index contributed by atoms with van der Waals surface area (Å²) in [4.78, 5) is 63.5. The van der Waals surface area contributed by atoms with Gasteiger partial charge in [-0.2, -0.15) is 0 Å². The molecule has 9 nitrogen and oxygen atoms in total. The zero-order chi connectivity index (χ0) is 24.2. The lowest BCUT2D eigenvalue weighted by Gasteiger charge is -2.16. The van der Waals surface area contributed by atoms with E-state index in [-0.39, 0.29) is 33.6 Å². The summed E-state index contributed by atoms with van der Waals surface area (Å²) in [5, 5.41) is 5.23. The molecule has 34 heavy (non-hydrogen) atoms. The van der Waals surface area contributed by atoms with Crippen LogP contribution in [-0.2, 0) is 9.53 Å². The van der Waals surface area contributed by atoms with Gasteiger partial charge in [0.2, 0.25) is 5.91 Å². The number of anilines is 2. The molecule has 3 aromatic rings. The second kappa shape index (κ2) is 9.37. The van der Waals surface area contributed by atoms with Crippen molar-refractivity contribution in [3.63, 3.8) is 0 Å². The number of methoxy groups -OCH3 is 1. The van der Waals surface area contributed by atoms with Crippen LogP contribution in [0.4, 0.5) is 11.4 Å². The summed E-state index contributed by atoms with van der Waals surface area (Å²) in [7, 11) is 1.24. The number of fused-ring (bicyclic) bond motifs is 1. The van der Waals surface area contributed by atoms with E-state index in [2.05, 4.69) is 10.6 Å². The first-order valence-electron chi connectivity index (χ1n) is 10.2. The van der Waals surface area contributed by atoms with Crippen LogP contribution in [0.25, 0.3) is 0 Å². The number of nitrogens with zero attached hydrogens (tertiary/aromatic N) is 1. The molecule has 1 aliphatic heterocycles. The number of nitrogens with one attached hydrogen (secondary N) is 2. The zero-order valence-electron chi connectivity index (χ0n) is 18.0. The van der Waals surface area contributed by atoms with Gasteiger partial charge in [0.05, 0.1) is 40.7 Å². The van der Waals surface area contributed by atoms with Crippen molar-refractivity contribution in [1.29, 1.82) is 0 Å². The Labute approximate surface area is 194 Å². The van der Waals surface area contributed by atoms with E-state index in [1.54, 1.807) is 42.5 Å². The highest BCUT2D eigenvalue weighted by molar-refractivity contribution is 6.23. The Morgan fingerprint density at radius 3 is 1.82 bits per heavy atom. The number of hydrogen-bond acceptors (Lipinski definition) is 6. The van der Waals surface area contributed by atoms with Gasteiger partial charge in [0.25, 0.3) is 17.7 Å². The van der Waals surface area contributed by atoms with Crippen molar-refractivity contribution in [2.24, 2.45) is 0 Å². The number of carbonyl (C=O) groups excluding carboxylic acids is 5. The Kier molecular flexibility index (Phi) is 6.18. The molecule has 0 atom stereocenters. The maximum Gasteiger partial charge on any atom is 0.339 e. The molecule has 0 aromatic heterocycles. The number of hydrogen-bond donors (Lipinski definition) is 2. The number of rotatable bonds is 6. The largest absolute Gasteiger partial charge is 0.465 e. The third-order valence-electron chi connectivity index (χ3n) is 5.21. The molecule has 0 saturated heterocycles. The molecule has 0 unspecified atom stereocenters. The smallest absolute Gasteiger partial charge is 0.339 e. The van der Waals surface area contributed by atoms with Crippen LogP contribution in [0.15, 0.2) is 72.8 Å². The number of esters is 1. The van der Waals surface area contributed by atoms with Gasteiger partial charge in [-0.25, -0.2) is 4.79 Å². The Hall–Kier alpha value is -4.79. The fourth-order valence-corrected chi connectivity index (χ4v) is 3.58. The minimum absolute atomic E-state index is 0.123. The van der Waals surface area contributed by atoms with Crippen molar-refractivity contribution >= 4 is 41.0 Å². The molecular formula is C25H19N3O6. The summed E-state index contributed by atoms with van der Waals surface area (Å²) in [5.41, 5.74) is 1.20. The molecule has 0 saturated carbocycles. The summed E-state index contributed by atoms with van der Waals surface area (Å²) < 4.78 is 4.74. The summed E-state index contributed by atoms with van der Waals surface area (Å²) in [6.45, 7) is -0.506. The number of para-hydroxylation sites is 2. The van der Waals surface area contributed by atoms with Crippen LogP contribution in [0.1, 0.15) is 41.4 Å². The standard InChI is InChI=1S/C25H19N3O6/c1-34-25(33)18-11-5-7-13-20(18)27-22(30)17-10-4-6-12-19(17)26-21(29)14-28-23(31)15-8-2-3-9-16(15)24(28)32/h2-13H,14H2,1H3,(H,26,29)(H,27,30).